The van der Waals surface area contributed by atoms with Gasteiger partial charge in [0.2, 0.25) is 5.91 Å². The standard InChI is InChI=1S/C10H20N2OS/c1-8(14)10(13)12(3)9-5-4-6-11(2)7-9/h8-9,14H,4-7H2,1-3H3. The van der Waals surface area contributed by atoms with Gasteiger partial charge in [-0.1, -0.05) is 0 Å². The number of carbonyl (C=O) groups excluding carboxylic acids is 1. The smallest absolute Gasteiger partial charge is 0.235 e. The maximum atomic E-state index is 11.7. The highest BCUT2D eigenvalue weighted by atomic mass is 32.1. The first-order chi connectivity index (χ1) is 6.52. The first-order valence-electron chi connectivity index (χ1n) is 5.15. The zero-order valence-corrected chi connectivity index (χ0v) is 10.1. The van der Waals surface area contributed by atoms with Gasteiger partial charge in [0.15, 0.2) is 0 Å². The maximum Gasteiger partial charge on any atom is 0.235 e. The molecule has 0 aromatic heterocycles. The molecule has 0 aromatic carbocycles. The molecule has 1 saturated heterocycles. The van der Waals surface area contributed by atoms with Crippen LogP contribution in [0, 0.1) is 0 Å². The lowest BCUT2D eigenvalue weighted by atomic mass is 10.0. The molecule has 1 fully saturated rings. The monoisotopic (exact) mass is 216 g/mol. The normalized spacial score (nSPS) is 25.9. The van der Waals surface area contributed by atoms with E-state index in [2.05, 4.69) is 24.6 Å². The van der Waals surface area contributed by atoms with E-state index >= 15 is 0 Å². The van der Waals surface area contributed by atoms with Crippen LogP contribution in [0.1, 0.15) is 19.8 Å². The van der Waals surface area contributed by atoms with E-state index in [0.717, 1.165) is 19.5 Å². The molecule has 3 nitrogen and oxygen atoms in total. The molecule has 1 aliphatic heterocycles. The van der Waals surface area contributed by atoms with Crippen LogP contribution in [0.5, 0.6) is 0 Å². The van der Waals surface area contributed by atoms with Crippen molar-refractivity contribution >= 4 is 18.5 Å². The van der Waals surface area contributed by atoms with Crippen LogP contribution in [0.2, 0.25) is 0 Å². The van der Waals surface area contributed by atoms with Crippen molar-refractivity contribution < 1.29 is 4.79 Å². The summed E-state index contributed by atoms with van der Waals surface area (Å²) in [4.78, 5) is 15.8. The lowest BCUT2D eigenvalue weighted by Crippen LogP contribution is -2.48. The SMILES string of the molecule is CC(S)C(=O)N(C)C1CCCN(C)C1. The minimum atomic E-state index is -0.188. The largest absolute Gasteiger partial charge is 0.341 e. The van der Waals surface area contributed by atoms with Crippen LogP contribution < -0.4 is 0 Å². The van der Waals surface area contributed by atoms with Gasteiger partial charge in [0.05, 0.1) is 5.25 Å². The lowest BCUT2D eigenvalue weighted by Gasteiger charge is -2.36. The van der Waals surface area contributed by atoms with Crippen molar-refractivity contribution in [3.8, 4) is 0 Å². The molecule has 0 radical (unpaired) electrons. The van der Waals surface area contributed by atoms with Crippen molar-refractivity contribution in [1.29, 1.82) is 0 Å². The van der Waals surface area contributed by atoms with Gasteiger partial charge in [-0.25, -0.2) is 0 Å². The van der Waals surface area contributed by atoms with Crippen molar-refractivity contribution in [2.75, 3.05) is 27.2 Å². The molecule has 14 heavy (non-hydrogen) atoms. The van der Waals surface area contributed by atoms with E-state index in [0.29, 0.717) is 6.04 Å². The van der Waals surface area contributed by atoms with Crippen LogP contribution in [0.25, 0.3) is 0 Å². The summed E-state index contributed by atoms with van der Waals surface area (Å²) in [6.45, 7) is 3.96. The molecule has 0 N–H and O–H groups in total. The third-order valence-electron chi connectivity index (χ3n) is 2.85. The Kier molecular flexibility index (Phi) is 4.26. The van der Waals surface area contributed by atoms with Gasteiger partial charge in [-0.3, -0.25) is 4.79 Å². The van der Waals surface area contributed by atoms with Crippen LogP contribution >= 0.6 is 12.6 Å². The summed E-state index contributed by atoms with van der Waals surface area (Å²) >= 11 is 4.17. The van der Waals surface area contributed by atoms with E-state index in [1.54, 1.807) is 0 Å². The summed E-state index contributed by atoms with van der Waals surface area (Å²) in [6, 6.07) is 0.371. The van der Waals surface area contributed by atoms with E-state index in [1.165, 1.54) is 6.42 Å². The average molecular weight is 216 g/mol. The number of nitrogens with zero attached hydrogens (tertiary/aromatic N) is 2. The van der Waals surface area contributed by atoms with Gasteiger partial charge in [-0.2, -0.15) is 12.6 Å². The number of thiol groups is 1. The van der Waals surface area contributed by atoms with Crippen LogP contribution in [-0.4, -0.2) is 54.2 Å². The molecular formula is C10H20N2OS. The van der Waals surface area contributed by atoms with Crippen molar-refractivity contribution in [3.63, 3.8) is 0 Å². The van der Waals surface area contributed by atoms with Crippen molar-refractivity contribution in [1.82, 2.24) is 9.80 Å². The Hall–Kier alpha value is -0.220. The predicted molar refractivity (Wildman–Crippen MR) is 61.7 cm³/mol. The lowest BCUT2D eigenvalue weighted by molar-refractivity contribution is -0.131. The summed E-state index contributed by atoms with van der Waals surface area (Å²) in [5, 5.41) is -0.188. The maximum absolute atomic E-state index is 11.7. The molecule has 1 rings (SSSR count). The highest BCUT2D eigenvalue weighted by Crippen LogP contribution is 2.15. The Labute approximate surface area is 91.9 Å². The van der Waals surface area contributed by atoms with Gasteiger partial charge in [0, 0.05) is 19.6 Å². The Morgan fingerprint density at radius 3 is 2.79 bits per heavy atom. The number of piperidine rings is 1. The Balaban J connectivity index is 2.51. The molecule has 1 amide bonds. The molecule has 0 bridgehead atoms. The highest BCUT2D eigenvalue weighted by Gasteiger charge is 2.25. The fourth-order valence-corrected chi connectivity index (χ4v) is 2.11. The molecule has 0 aliphatic carbocycles. The van der Waals surface area contributed by atoms with E-state index in [-0.39, 0.29) is 11.2 Å². The molecular weight excluding hydrogens is 196 g/mol. The summed E-state index contributed by atoms with van der Waals surface area (Å²) in [6.07, 6.45) is 2.30. The highest BCUT2D eigenvalue weighted by molar-refractivity contribution is 7.81. The molecule has 4 heteroatoms. The average Bonchev–Trinajstić information content (AvgIpc) is 2.15. The van der Waals surface area contributed by atoms with Gasteiger partial charge < -0.3 is 9.80 Å². The Bertz CT molecular complexity index is 208. The number of rotatable bonds is 2. The van der Waals surface area contributed by atoms with Crippen LogP contribution in [0.15, 0.2) is 0 Å². The van der Waals surface area contributed by atoms with Gasteiger partial charge in [0.25, 0.3) is 0 Å². The first-order valence-corrected chi connectivity index (χ1v) is 5.67. The summed E-state index contributed by atoms with van der Waals surface area (Å²) in [5.74, 6) is 0.133. The minimum absolute atomic E-state index is 0.133. The Morgan fingerprint density at radius 1 is 1.64 bits per heavy atom. The van der Waals surface area contributed by atoms with Gasteiger partial charge >= 0.3 is 0 Å². The van der Waals surface area contributed by atoms with E-state index in [4.69, 9.17) is 0 Å². The number of likely N-dealkylation sites (tertiary alicyclic amines) is 1. The number of hydrogen-bond donors (Lipinski definition) is 1. The second kappa shape index (κ2) is 5.03. The predicted octanol–water partition coefficient (Wildman–Crippen LogP) is 0.857. The summed E-state index contributed by atoms with van der Waals surface area (Å²) in [7, 11) is 3.99. The van der Waals surface area contributed by atoms with Crippen molar-refractivity contribution in [2.24, 2.45) is 0 Å². The molecule has 0 aromatic rings. The molecule has 2 atom stereocenters. The van der Waals surface area contributed by atoms with Gasteiger partial charge in [-0.05, 0) is 33.4 Å². The molecule has 1 heterocycles. The van der Waals surface area contributed by atoms with E-state index < -0.39 is 0 Å². The number of likely N-dealkylation sites (N-methyl/N-ethyl adjacent to an activating group) is 2. The second-order valence-electron chi connectivity index (χ2n) is 4.18. The topological polar surface area (TPSA) is 23.6 Å². The fourth-order valence-electron chi connectivity index (χ4n) is 1.93. The third kappa shape index (κ3) is 2.89. The van der Waals surface area contributed by atoms with Crippen molar-refractivity contribution in [3.05, 3.63) is 0 Å². The molecule has 2 unspecified atom stereocenters. The number of carbonyl (C=O) groups is 1. The van der Waals surface area contributed by atoms with Crippen LogP contribution in [0.3, 0.4) is 0 Å². The van der Waals surface area contributed by atoms with Crippen molar-refractivity contribution in [2.45, 2.75) is 31.1 Å². The zero-order chi connectivity index (χ0) is 10.7. The molecule has 0 spiro atoms. The zero-order valence-electron chi connectivity index (χ0n) is 9.23. The number of amides is 1. The third-order valence-corrected chi connectivity index (χ3v) is 3.07. The second-order valence-corrected chi connectivity index (χ2v) is 4.96. The Morgan fingerprint density at radius 2 is 2.29 bits per heavy atom. The first kappa shape index (κ1) is 11.9. The molecule has 1 aliphatic rings. The van der Waals surface area contributed by atoms with Crippen LogP contribution in [-0.2, 0) is 4.79 Å². The van der Waals surface area contributed by atoms with Crippen LogP contribution in [0.4, 0.5) is 0 Å². The quantitative estimate of drug-likeness (QED) is 0.692. The fraction of sp³-hybridized carbons (Fsp3) is 0.900. The summed E-state index contributed by atoms with van der Waals surface area (Å²) < 4.78 is 0. The summed E-state index contributed by atoms with van der Waals surface area (Å²) in [5.41, 5.74) is 0. The van der Waals surface area contributed by atoms with E-state index in [1.807, 2.05) is 18.9 Å². The van der Waals surface area contributed by atoms with E-state index in [9.17, 15) is 4.79 Å². The molecule has 82 valence electrons. The van der Waals surface area contributed by atoms with Gasteiger partial charge in [-0.15, -0.1) is 0 Å². The minimum Gasteiger partial charge on any atom is -0.341 e. The number of hydrogen-bond acceptors (Lipinski definition) is 3. The van der Waals surface area contributed by atoms with Gasteiger partial charge in [0.1, 0.15) is 0 Å². The molecule has 0 saturated carbocycles.